The van der Waals surface area contributed by atoms with Crippen LogP contribution in [0.15, 0.2) is 17.9 Å². The number of carbonyl (C=O) groups is 1. The zero-order valence-electron chi connectivity index (χ0n) is 8.83. The molecule has 0 aliphatic heterocycles. The van der Waals surface area contributed by atoms with Crippen LogP contribution in [0.4, 0.5) is 0 Å². The Morgan fingerprint density at radius 2 is 2.00 bits per heavy atom. The summed E-state index contributed by atoms with van der Waals surface area (Å²) in [6.45, 7) is 8.17. The molecule has 0 aromatic rings. The highest BCUT2D eigenvalue weighted by atomic mass is 16.5. The van der Waals surface area contributed by atoms with E-state index >= 15 is 0 Å². The van der Waals surface area contributed by atoms with Crippen LogP contribution in [0.2, 0.25) is 0 Å². The lowest BCUT2D eigenvalue weighted by atomic mass is 10.1. The molecule has 2 nitrogen and oxygen atoms in total. The van der Waals surface area contributed by atoms with Gasteiger partial charge in [0.1, 0.15) is 0 Å². The van der Waals surface area contributed by atoms with Gasteiger partial charge in [-0.1, -0.05) is 13.8 Å². The fraction of sp³-hybridized carbons (Fsp3) is 0.636. The Labute approximate surface area is 80.3 Å². The molecule has 0 aliphatic rings. The van der Waals surface area contributed by atoms with E-state index < -0.39 is 0 Å². The number of rotatable bonds is 4. The summed E-state index contributed by atoms with van der Waals surface area (Å²) in [6.07, 6.45) is 3.66. The van der Waals surface area contributed by atoms with Gasteiger partial charge in [0.25, 0.3) is 0 Å². The second-order valence-electron chi connectivity index (χ2n) is 3.28. The minimum atomic E-state index is -0.199. The molecule has 1 unspecified atom stereocenters. The maximum absolute atomic E-state index is 11.1. The molecular weight excluding hydrogens is 164 g/mol. The average Bonchev–Trinajstić information content (AvgIpc) is 2.04. The number of hydrogen-bond acceptors (Lipinski definition) is 2. The first-order valence-corrected chi connectivity index (χ1v) is 4.67. The first-order valence-electron chi connectivity index (χ1n) is 4.67. The molecule has 0 aliphatic carbocycles. The molecule has 0 aromatic carbocycles. The van der Waals surface area contributed by atoms with Gasteiger partial charge in [-0.25, -0.2) is 0 Å². The average molecular weight is 182 g/mol. The van der Waals surface area contributed by atoms with Crippen molar-refractivity contribution >= 4 is 5.97 Å². The van der Waals surface area contributed by atoms with Crippen LogP contribution in [0.3, 0.4) is 0 Å². The summed E-state index contributed by atoms with van der Waals surface area (Å²) in [5, 5.41) is 0. The number of carbonyl (C=O) groups excluding carboxylic acids is 1. The molecular formula is C11H18O2. The van der Waals surface area contributed by atoms with Crippen molar-refractivity contribution in [2.75, 3.05) is 6.61 Å². The monoisotopic (exact) mass is 182 g/mol. The summed E-state index contributed by atoms with van der Waals surface area (Å²) in [7, 11) is 0. The molecule has 2 heteroatoms. The van der Waals surface area contributed by atoms with Crippen molar-refractivity contribution < 1.29 is 9.53 Å². The smallest absolute Gasteiger partial charge is 0.313 e. The van der Waals surface area contributed by atoms with Crippen molar-refractivity contribution in [1.82, 2.24) is 0 Å². The van der Waals surface area contributed by atoms with Crippen LogP contribution in [-0.4, -0.2) is 12.6 Å². The van der Waals surface area contributed by atoms with E-state index in [1.165, 1.54) is 0 Å². The first kappa shape index (κ1) is 12.0. The van der Waals surface area contributed by atoms with Gasteiger partial charge in [-0.05, 0) is 31.9 Å². The molecule has 0 saturated heterocycles. The highest BCUT2D eigenvalue weighted by molar-refractivity contribution is 5.73. The van der Waals surface area contributed by atoms with Crippen molar-refractivity contribution in [3.05, 3.63) is 17.9 Å². The molecule has 0 saturated carbocycles. The van der Waals surface area contributed by atoms with E-state index in [1.54, 1.807) is 19.9 Å². The summed E-state index contributed by atoms with van der Waals surface area (Å²) in [6, 6.07) is 0. The highest BCUT2D eigenvalue weighted by Gasteiger charge is 2.08. The van der Waals surface area contributed by atoms with E-state index in [0.717, 1.165) is 0 Å². The van der Waals surface area contributed by atoms with Crippen LogP contribution >= 0.6 is 0 Å². The number of esters is 1. The Balaban J connectivity index is 4.06. The second-order valence-corrected chi connectivity index (χ2v) is 3.28. The predicted molar refractivity (Wildman–Crippen MR) is 53.3 cm³/mol. The van der Waals surface area contributed by atoms with Crippen LogP contribution in [0.5, 0.6) is 0 Å². The molecule has 0 heterocycles. The minimum absolute atomic E-state index is 0.188. The SMILES string of the molecule is CCOC(=O)C(C)C=C=CC(C)C. The van der Waals surface area contributed by atoms with Crippen LogP contribution in [-0.2, 0) is 9.53 Å². The molecule has 74 valence electrons. The van der Waals surface area contributed by atoms with Crippen LogP contribution in [0.1, 0.15) is 27.7 Å². The molecule has 0 spiro atoms. The molecule has 0 amide bonds. The van der Waals surface area contributed by atoms with Gasteiger partial charge in [-0.2, -0.15) is 0 Å². The standard InChI is InChI=1S/C11H18O2/c1-5-13-11(12)10(4)8-6-7-9(2)3/h7-10H,5H2,1-4H3. The van der Waals surface area contributed by atoms with Crippen molar-refractivity contribution in [1.29, 1.82) is 0 Å². The third kappa shape index (κ3) is 6.18. The number of hydrogen-bond donors (Lipinski definition) is 0. The topological polar surface area (TPSA) is 26.3 Å². The Hall–Kier alpha value is -1.01. The summed E-state index contributed by atoms with van der Waals surface area (Å²) in [5.41, 5.74) is 2.97. The van der Waals surface area contributed by atoms with Gasteiger partial charge in [0, 0.05) is 0 Å². The summed E-state index contributed by atoms with van der Waals surface area (Å²) in [5.74, 6) is 0.0766. The van der Waals surface area contributed by atoms with Crippen molar-refractivity contribution in [2.24, 2.45) is 11.8 Å². The van der Waals surface area contributed by atoms with Gasteiger partial charge in [-0.3, -0.25) is 4.79 Å². The Kier molecular flexibility index (Phi) is 5.99. The van der Waals surface area contributed by atoms with Crippen LogP contribution in [0.25, 0.3) is 0 Å². The van der Waals surface area contributed by atoms with E-state index in [-0.39, 0.29) is 11.9 Å². The van der Waals surface area contributed by atoms with Crippen LogP contribution < -0.4 is 0 Å². The summed E-state index contributed by atoms with van der Waals surface area (Å²) >= 11 is 0. The molecule has 1 atom stereocenters. The van der Waals surface area contributed by atoms with Crippen molar-refractivity contribution in [3.63, 3.8) is 0 Å². The van der Waals surface area contributed by atoms with E-state index in [4.69, 9.17) is 4.74 Å². The van der Waals surface area contributed by atoms with Crippen LogP contribution in [0, 0.1) is 11.8 Å². The van der Waals surface area contributed by atoms with Gasteiger partial charge in [0.05, 0.1) is 12.5 Å². The quantitative estimate of drug-likeness (QED) is 0.493. The van der Waals surface area contributed by atoms with E-state index in [2.05, 4.69) is 19.6 Å². The third-order valence-electron chi connectivity index (χ3n) is 1.43. The third-order valence-corrected chi connectivity index (χ3v) is 1.43. The lowest BCUT2D eigenvalue weighted by molar-refractivity contribution is -0.145. The van der Waals surface area contributed by atoms with E-state index in [0.29, 0.717) is 12.5 Å². The largest absolute Gasteiger partial charge is 0.466 e. The Morgan fingerprint density at radius 3 is 2.46 bits per heavy atom. The molecule has 0 rings (SSSR count). The van der Waals surface area contributed by atoms with Gasteiger partial charge in [0.2, 0.25) is 0 Å². The fourth-order valence-corrected chi connectivity index (χ4v) is 0.734. The fourth-order valence-electron chi connectivity index (χ4n) is 0.734. The molecule has 0 radical (unpaired) electrons. The van der Waals surface area contributed by atoms with Gasteiger partial charge in [-0.15, -0.1) is 5.73 Å². The zero-order chi connectivity index (χ0) is 10.3. The van der Waals surface area contributed by atoms with Gasteiger partial charge < -0.3 is 4.74 Å². The van der Waals surface area contributed by atoms with E-state index in [1.807, 2.05) is 6.08 Å². The highest BCUT2D eigenvalue weighted by Crippen LogP contribution is 2.00. The van der Waals surface area contributed by atoms with E-state index in [9.17, 15) is 4.79 Å². The maximum Gasteiger partial charge on any atom is 0.313 e. The second kappa shape index (κ2) is 6.50. The summed E-state index contributed by atoms with van der Waals surface area (Å²) in [4.78, 5) is 11.1. The molecule has 0 N–H and O–H groups in total. The molecule has 0 fully saturated rings. The zero-order valence-corrected chi connectivity index (χ0v) is 8.83. The Morgan fingerprint density at radius 1 is 1.38 bits per heavy atom. The minimum Gasteiger partial charge on any atom is -0.466 e. The lowest BCUT2D eigenvalue weighted by Crippen LogP contribution is -2.11. The van der Waals surface area contributed by atoms with Crippen molar-refractivity contribution in [2.45, 2.75) is 27.7 Å². The van der Waals surface area contributed by atoms with Gasteiger partial charge in [0.15, 0.2) is 0 Å². The molecule has 0 bridgehead atoms. The summed E-state index contributed by atoms with van der Waals surface area (Å²) < 4.78 is 4.84. The molecule has 13 heavy (non-hydrogen) atoms. The number of ether oxygens (including phenoxy) is 1. The molecule has 0 aromatic heterocycles. The normalized spacial score (nSPS) is 11.8. The first-order chi connectivity index (χ1) is 6.07. The maximum atomic E-state index is 11.1. The predicted octanol–water partition coefficient (Wildman–Crippen LogP) is 2.55. The Bertz CT molecular complexity index is 210. The van der Waals surface area contributed by atoms with Crippen molar-refractivity contribution in [3.8, 4) is 0 Å². The lowest BCUT2D eigenvalue weighted by Gasteiger charge is -2.03. The van der Waals surface area contributed by atoms with Gasteiger partial charge >= 0.3 is 5.97 Å².